The van der Waals surface area contributed by atoms with Crippen LogP contribution in [-0.4, -0.2) is 9.55 Å². The van der Waals surface area contributed by atoms with E-state index in [0.717, 1.165) is 52.7 Å². The third-order valence-corrected chi connectivity index (χ3v) is 4.09. The number of fused-ring (bicyclic) bond motifs is 1. The molecule has 0 radical (unpaired) electrons. The van der Waals surface area contributed by atoms with Gasteiger partial charge in [-0.3, -0.25) is 9.36 Å². The smallest absolute Gasteiger partial charge is 0.261 e. The lowest BCUT2D eigenvalue weighted by Crippen LogP contribution is -2.23. The van der Waals surface area contributed by atoms with Crippen molar-refractivity contribution in [3.63, 3.8) is 0 Å². The minimum absolute atomic E-state index is 0.0452. The highest BCUT2D eigenvalue weighted by molar-refractivity contribution is 5.83. The van der Waals surface area contributed by atoms with E-state index in [0.29, 0.717) is 0 Å². The Balaban J connectivity index is 2.36. The molecule has 1 aliphatic carbocycles. The highest BCUT2D eigenvalue weighted by Crippen LogP contribution is 2.24. The lowest BCUT2D eigenvalue weighted by Gasteiger charge is -2.15. The van der Waals surface area contributed by atoms with E-state index in [4.69, 9.17) is 4.98 Å². The van der Waals surface area contributed by atoms with Gasteiger partial charge in [0.15, 0.2) is 0 Å². The molecule has 3 nitrogen and oxygen atoms in total. The summed E-state index contributed by atoms with van der Waals surface area (Å²) >= 11 is 0. The molecule has 0 saturated heterocycles. The molecule has 3 rings (SSSR count). The van der Waals surface area contributed by atoms with Crippen LogP contribution in [0.1, 0.15) is 36.7 Å². The molecular weight excluding hydrogens is 260 g/mol. The number of aromatic nitrogens is 2. The Bertz CT molecular complexity index is 825. The Labute approximate surface area is 124 Å². The minimum Gasteiger partial charge on any atom is -0.296 e. The van der Waals surface area contributed by atoms with Crippen molar-refractivity contribution in [1.29, 1.82) is 0 Å². The molecule has 21 heavy (non-hydrogen) atoms. The van der Waals surface area contributed by atoms with Crippen LogP contribution in [0.3, 0.4) is 0 Å². The molecule has 1 aromatic heterocycles. The molecule has 0 aliphatic heterocycles. The first kappa shape index (κ1) is 13.8. The molecule has 0 saturated carbocycles. The lowest BCUT2D eigenvalue weighted by molar-refractivity contribution is 0.808. The Morgan fingerprint density at radius 2 is 2.14 bits per heavy atom. The SMILES string of the molecule is CCc1cc(C)cc2c(=O)n(C)c(C3=CC=CCC3)nc12. The molecule has 0 spiro atoms. The fourth-order valence-corrected chi connectivity index (χ4v) is 2.95. The predicted molar refractivity (Wildman–Crippen MR) is 87.5 cm³/mol. The van der Waals surface area contributed by atoms with Crippen molar-refractivity contribution in [2.24, 2.45) is 7.05 Å². The summed E-state index contributed by atoms with van der Waals surface area (Å²) in [6.45, 7) is 4.13. The van der Waals surface area contributed by atoms with Crippen LogP contribution in [-0.2, 0) is 13.5 Å². The normalized spacial score (nSPS) is 14.5. The largest absolute Gasteiger partial charge is 0.296 e. The van der Waals surface area contributed by atoms with Crippen LogP contribution >= 0.6 is 0 Å². The summed E-state index contributed by atoms with van der Waals surface area (Å²) < 4.78 is 1.69. The molecule has 0 N–H and O–H groups in total. The number of hydrogen-bond acceptors (Lipinski definition) is 2. The van der Waals surface area contributed by atoms with E-state index in [2.05, 4.69) is 25.1 Å². The third-order valence-electron chi connectivity index (χ3n) is 4.09. The van der Waals surface area contributed by atoms with Gasteiger partial charge in [-0.1, -0.05) is 31.2 Å². The second kappa shape index (κ2) is 5.32. The van der Waals surface area contributed by atoms with E-state index in [1.54, 1.807) is 4.57 Å². The quantitative estimate of drug-likeness (QED) is 0.843. The second-order valence-electron chi connectivity index (χ2n) is 5.63. The van der Waals surface area contributed by atoms with Gasteiger partial charge in [-0.25, -0.2) is 4.98 Å². The van der Waals surface area contributed by atoms with Gasteiger partial charge in [-0.05, 0) is 49.0 Å². The topological polar surface area (TPSA) is 34.9 Å². The Kier molecular flexibility index (Phi) is 3.50. The molecule has 0 atom stereocenters. The van der Waals surface area contributed by atoms with Gasteiger partial charge in [0, 0.05) is 7.05 Å². The van der Waals surface area contributed by atoms with Crippen LogP contribution in [0.25, 0.3) is 16.5 Å². The van der Waals surface area contributed by atoms with E-state index in [-0.39, 0.29) is 5.56 Å². The van der Waals surface area contributed by atoms with E-state index >= 15 is 0 Å². The van der Waals surface area contributed by atoms with Crippen LogP contribution in [0.4, 0.5) is 0 Å². The Morgan fingerprint density at radius 3 is 2.81 bits per heavy atom. The van der Waals surface area contributed by atoms with Crippen molar-refractivity contribution in [2.45, 2.75) is 33.1 Å². The third kappa shape index (κ3) is 2.33. The Morgan fingerprint density at radius 1 is 1.33 bits per heavy atom. The minimum atomic E-state index is 0.0452. The second-order valence-corrected chi connectivity index (χ2v) is 5.63. The van der Waals surface area contributed by atoms with Gasteiger partial charge in [0.1, 0.15) is 5.82 Å². The number of allylic oxidation sites excluding steroid dienone is 4. The van der Waals surface area contributed by atoms with Gasteiger partial charge >= 0.3 is 0 Å². The van der Waals surface area contributed by atoms with Gasteiger partial charge in [-0.15, -0.1) is 0 Å². The number of benzene rings is 1. The first-order valence-corrected chi connectivity index (χ1v) is 7.48. The first-order valence-electron chi connectivity index (χ1n) is 7.48. The molecule has 1 aromatic carbocycles. The Hall–Kier alpha value is -2.16. The monoisotopic (exact) mass is 280 g/mol. The molecule has 2 aromatic rings. The molecule has 108 valence electrons. The average Bonchev–Trinajstić information content (AvgIpc) is 2.51. The molecule has 1 heterocycles. The van der Waals surface area contributed by atoms with Crippen molar-refractivity contribution >= 4 is 16.5 Å². The van der Waals surface area contributed by atoms with E-state index < -0.39 is 0 Å². The molecular formula is C18H20N2O. The molecule has 0 amide bonds. The van der Waals surface area contributed by atoms with Gasteiger partial charge in [-0.2, -0.15) is 0 Å². The summed E-state index contributed by atoms with van der Waals surface area (Å²) in [5, 5.41) is 0.727. The zero-order valence-electron chi connectivity index (χ0n) is 12.8. The molecule has 0 unspecified atom stereocenters. The van der Waals surface area contributed by atoms with E-state index in [9.17, 15) is 4.79 Å². The van der Waals surface area contributed by atoms with Gasteiger partial charge in [0.2, 0.25) is 0 Å². The lowest BCUT2D eigenvalue weighted by atomic mass is 10.0. The van der Waals surface area contributed by atoms with E-state index in [1.165, 1.54) is 0 Å². The van der Waals surface area contributed by atoms with Gasteiger partial charge < -0.3 is 0 Å². The maximum Gasteiger partial charge on any atom is 0.261 e. The maximum absolute atomic E-state index is 12.7. The van der Waals surface area contributed by atoms with Crippen LogP contribution < -0.4 is 5.56 Å². The maximum atomic E-state index is 12.7. The average molecular weight is 280 g/mol. The molecule has 0 bridgehead atoms. The first-order chi connectivity index (χ1) is 10.1. The van der Waals surface area contributed by atoms with Crippen LogP contribution in [0.15, 0.2) is 35.2 Å². The summed E-state index contributed by atoms with van der Waals surface area (Å²) in [6.07, 6.45) is 9.09. The number of aryl methyl sites for hydroxylation is 2. The highest BCUT2D eigenvalue weighted by Gasteiger charge is 2.14. The fourth-order valence-electron chi connectivity index (χ4n) is 2.95. The van der Waals surface area contributed by atoms with E-state index in [1.807, 2.05) is 26.1 Å². The van der Waals surface area contributed by atoms with Crippen LogP contribution in [0.5, 0.6) is 0 Å². The van der Waals surface area contributed by atoms with Crippen LogP contribution in [0, 0.1) is 6.92 Å². The van der Waals surface area contributed by atoms with Crippen molar-refractivity contribution in [2.75, 3.05) is 0 Å². The van der Waals surface area contributed by atoms with Gasteiger partial charge in [0.25, 0.3) is 5.56 Å². The predicted octanol–water partition coefficient (Wildman–Crippen LogP) is 3.54. The summed E-state index contributed by atoms with van der Waals surface area (Å²) in [4.78, 5) is 17.5. The molecule has 3 heteroatoms. The van der Waals surface area contributed by atoms with Crippen molar-refractivity contribution in [1.82, 2.24) is 9.55 Å². The standard InChI is InChI=1S/C18H20N2O/c1-4-13-10-12(2)11-15-16(13)19-17(20(3)18(15)21)14-8-6-5-7-9-14/h5-6,8,10-11H,4,7,9H2,1-3H3. The summed E-state index contributed by atoms with van der Waals surface area (Å²) in [5.41, 5.74) is 4.31. The molecule has 1 aliphatic rings. The van der Waals surface area contributed by atoms with Gasteiger partial charge in [0.05, 0.1) is 10.9 Å². The van der Waals surface area contributed by atoms with Crippen molar-refractivity contribution in [3.8, 4) is 0 Å². The number of rotatable bonds is 2. The van der Waals surface area contributed by atoms with Crippen molar-refractivity contribution < 1.29 is 0 Å². The summed E-state index contributed by atoms with van der Waals surface area (Å²) in [5.74, 6) is 0.801. The number of nitrogens with zero attached hydrogens (tertiary/aromatic N) is 2. The highest BCUT2D eigenvalue weighted by atomic mass is 16.1. The zero-order valence-corrected chi connectivity index (χ0v) is 12.8. The van der Waals surface area contributed by atoms with Crippen molar-refractivity contribution in [3.05, 3.63) is 57.7 Å². The van der Waals surface area contributed by atoms with Crippen LogP contribution in [0.2, 0.25) is 0 Å². The molecule has 0 fully saturated rings. The summed E-state index contributed by atoms with van der Waals surface area (Å²) in [6, 6.07) is 4.08. The zero-order chi connectivity index (χ0) is 15.0. The number of hydrogen-bond donors (Lipinski definition) is 0. The summed E-state index contributed by atoms with van der Waals surface area (Å²) in [7, 11) is 1.82. The fraction of sp³-hybridized carbons (Fsp3) is 0.333.